The molecule has 0 unspecified atom stereocenters. The number of carbonyl (C=O) groups excluding carboxylic acids is 2. The van der Waals surface area contributed by atoms with Crippen LogP contribution in [-0.2, 0) is 30.9 Å². The molecule has 192 valence electrons. The molecule has 2 aromatic carbocycles. The summed E-state index contributed by atoms with van der Waals surface area (Å²) in [7, 11) is 0. The third kappa shape index (κ3) is 5.50. The number of halogens is 4. The second kappa shape index (κ2) is 9.73. The quantitative estimate of drug-likeness (QED) is 0.447. The fourth-order valence-corrected chi connectivity index (χ4v) is 4.23. The summed E-state index contributed by atoms with van der Waals surface area (Å²) < 4.78 is 46.2. The molecule has 37 heavy (non-hydrogen) atoms. The second-order valence-corrected chi connectivity index (χ2v) is 8.67. The molecule has 2 aliphatic heterocycles. The van der Waals surface area contributed by atoms with Crippen LogP contribution >= 0.6 is 11.6 Å². The molecule has 0 radical (unpaired) electrons. The van der Waals surface area contributed by atoms with Gasteiger partial charge in [-0.2, -0.15) is 15.3 Å². The Balaban J connectivity index is 1.17. The molecule has 2 amide bonds. The predicted octanol–water partition coefficient (Wildman–Crippen LogP) is 5.51. The number of nitrogens with one attached hydrogen (secondary N) is 2. The minimum atomic E-state index is -4.87. The van der Waals surface area contributed by atoms with Crippen LogP contribution in [0.3, 0.4) is 0 Å². The largest absolute Gasteiger partial charge is 0.573 e. The lowest BCUT2D eigenvalue weighted by molar-refractivity contribution is -0.274. The van der Waals surface area contributed by atoms with Crippen molar-refractivity contribution in [1.29, 1.82) is 0 Å². The van der Waals surface area contributed by atoms with Crippen molar-refractivity contribution in [2.45, 2.75) is 32.5 Å². The van der Waals surface area contributed by atoms with E-state index in [0.29, 0.717) is 41.2 Å². The van der Waals surface area contributed by atoms with Crippen molar-refractivity contribution in [3.63, 3.8) is 0 Å². The van der Waals surface area contributed by atoms with E-state index in [-0.39, 0.29) is 30.4 Å². The number of hydrogen-bond acceptors (Lipinski definition) is 7. The number of benzene rings is 2. The summed E-state index contributed by atoms with van der Waals surface area (Å²) in [6, 6.07) is 8.97. The first-order chi connectivity index (χ1) is 17.7. The highest BCUT2D eigenvalue weighted by Crippen LogP contribution is 2.32. The molecule has 3 aromatic rings. The number of ether oxygens (including phenoxy) is 2. The van der Waals surface area contributed by atoms with Gasteiger partial charge in [0.25, 0.3) is 5.91 Å². The van der Waals surface area contributed by atoms with Crippen molar-refractivity contribution in [3.05, 3.63) is 69.5 Å². The number of rotatable bonds is 5. The Morgan fingerprint density at radius 2 is 2.03 bits per heavy atom. The Bertz CT molecular complexity index is 1410. The van der Waals surface area contributed by atoms with Gasteiger partial charge in [0.15, 0.2) is 5.69 Å². The highest BCUT2D eigenvalue weighted by atomic mass is 35.5. The van der Waals surface area contributed by atoms with Gasteiger partial charge in [0, 0.05) is 23.4 Å². The number of amides is 2. The number of hydrogen-bond donors (Lipinski definition) is 2. The average molecular weight is 535 g/mol. The highest BCUT2D eigenvalue weighted by molar-refractivity contribution is 6.32. The topological polar surface area (TPSA) is 121 Å². The van der Waals surface area contributed by atoms with Gasteiger partial charge in [0.1, 0.15) is 12.4 Å². The molecule has 0 saturated heterocycles. The lowest BCUT2D eigenvalue weighted by Crippen LogP contribution is -2.36. The number of fused-ring (bicyclic) bond motifs is 2. The van der Waals surface area contributed by atoms with Crippen LogP contribution in [0.15, 0.2) is 46.6 Å². The first-order valence-corrected chi connectivity index (χ1v) is 11.4. The molecule has 14 heteroatoms. The number of azo groups is 1. The van der Waals surface area contributed by atoms with Gasteiger partial charge in [-0.05, 0) is 36.2 Å². The van der Waals surface area contributed by atoms with E-state index in [4.69, 9.17) is 16.3 Å². The fourth-order valence-electron chi connectivity index (χ4n) is 3.99. The van der Waals surface area contributed by atoms with Gasteiger partial charge in [0.2, 0.25) is 0 Å². The Morgan fingerprint density at radius 1 is 1.19 bits per heavy atom. The summed E-state index contributed by atoms with van der Waals surface area (Å²) in [4.78, 5) is 26.8. The standard InChI is InChI=1S/C23H18ClF3N6O4/c24-16-7-12(1-4-19(16)37-23(25,26)27)11-36-22(35)33-6-5-15-18(10-33)31-32-20(15)21(34)29-14-3-2-13-9-28-30-17(13)8-14/h1-4,7-8H,5-6,9-11H2,(H,29,34)(H,31,32). The van der Waals surface area contributed by atoms with Gasteiger partial charge in [0.05, 0.1) is 29.5 Å². The van der Waals surface area contributed by atoms with Crippen molar-refractivity contribution in [3.8, 4) is 5.75 Å². The molecule has 2 N–H and O–H groups in total. The molecule has 2 aliphatic rings. The molecule has 5 rings (SSSR count). The SMILES string of the molecule is O=C(Nc1ccc2c(c1)N=NC2)c1n[nH]c2c1CCN(C(=O)OCc1ccc(OC(F)(F)F)c(Cl)c1)C2. The Kier molecular flexibility index (Phi) is 6.46. The van der Waals surface area contributed by atoms with E-state index in [0.717, 1.165) is 11.6 Å². The van der Waals surface area contributed by atoms with Gasteiger partial charge in [-0.1, -0.05) is 23.7 Å². The maximum atomic E-state index is 12.8. The Hall–Kier alpha value is -4.13. The molecule has 0 fully saturated rings. The van der Waals surface area contributed by atoms with Crippen LogP contribution in [0.2, 0.25) is 5.02 Å². The zero-order chi connectivity index (χ0) is 26.2. The maximum Gasteiger partial charge on any atom is 0.573 e. The molecule has 0 atom stereocenters. The van der Waals surface area contributed by atoms with Crippen LogP contribution in [0.5, 0.6) is 5.75 Å². The van der Waals surface area contributed by atoms with Crippen molar-refractivity contribution in [2.75, 3.05) is 11.9 Å². The lowest BCUT2D eigenvalue weighted by atomic mass is 10.0. The summed E-state index contributed by atoms with van der Waals surface area (Å²) in [6.45, 7) is 0.744. The number of anilines is 1. The molecule has 0 aliphatic carbocycles. The first kappa shape index (κ1) is 24.6. The minimum Gasteiger partial charge on any atom is -0.445 e. The van der Waals surface area contributed by atoms with Crippen molar-refractivity contribution >= 4 is 35.0 Å². The molecular weight excluding hydrogens is 517 g/mol. The number of nitrogens with zero attached hydrogens (tertiary/aromatic N) is 4. The summed E-state index contributed by atoms with van der Waals surface area (Å²) in [5, 5.41) is 17.5. The number of alkyl halides is 3. The summed E-state index contributed by atoms with van der Waals surface area (Å²) in [5.41, 5.74) is 4.20. The zero-order valence-electron chi connectivity index (χ0n) is 18.9. The molecule has 0 saturated carbocycles. The molecule has 0 spiro atoms. The van der Waals surface area contributed by atoms with E-state index in [2.05, 4.69) is 30.5 Å². The van der Waals surface area contributed by atoms with Crippen molar-refractivity contribution in [1.82, 2.24) is 15.1 Å². The van der Waals surface area contributed by atoms with Crippen molar-refractivity contribution in [2.24, 2.45) is 10.2 Å². The normalized spacial score (nSPS) is 14.2. The zero-order valence-corrected chi connectivity index (χ0v) is 19.7. The van der Waals surface area contributed by atoms with E-state index < -0.39 is 24.1 Å². The maximum absolute atomic E-state index is 12.8. The van der Waals surface area contributed by atoms with Crippen LogP contribution in [0.25, 0.3) is 0 Å². The van der Waals surface area contributed by atoms with Crippen LogP contribution < -0.4 is 10.1 Å². The third-order valence-electron chi connectivity index (χ3n) is 5.75. The van der Waals surface area contributed by atoms with E-state index in [1.165, 1.54) is 17.0 Å². The first-order valence-electron chi connectivity index (χ1n) is 11.0. The Morgan fingerprint density at radius 3 is 2.81 bits per heavy atom. The summed E-state index contributed by atoms with van der Waals surface area (Å²) >= 11 is 5.83. The van der Waals surface area contributed by atoms with Gasteiger partial charge in [-0.3, -0.25) is 9.89 Å². The minimum absolute atomic E-state index is 0.146. The molecule has 0 bridgehead atoms. The summed E-state index contributed by atoms with van der Waals surface area (Å²) in [5.74, 6) is -0.938. The van der Waals surface area contributed by atoms with Crippen LogP contribution in [0.1, 0.15) is 32.9 Å². The number of aromatic nitrogens is 2. The fraction of sp³-hybridized carbons (Fsp3) is 0.261. The molecular formula is C23H18ClF3N6O4. The third-order valence-corrected chi connectivity index (χ3v) is 6.05. The van der Waals surface area contributed by atoms with E-state index in [1.807, 2.05) is 6.07 Å². The van der Waals surface area contributed by atoms with Crippen LogP contribution in [0, 0.1) is 0 Å². The van der Waals surface area contributed by atoms with E-state index >= 15 is 0 Å². The smallest absolute Gasteiger partial charge is 0.445 e. The predicted molar refractivity (Wildman–Crippen MR) is 124 cm³/mol. The van der Waals surface area contributed by atoms with E-state index in [1.54, 1.807) is 12.1 Å². The van der Waals surface area contributed by atoms with Gasteiger partial charge in [-0.25, -0.2) is 4.79 Å². The lowest BCUT2D eigenvalue weighted by Gasteiger charge is -2.26. The molecule has 3 heterocycles. The molecule has 1 aromatic heterocycles. The number of aromatic amines is 1. The Labute approximate surface area is 212 Å². The van der Waals surface area contributed by atoms with E-state index in [9.17, 15) is 22.8 Å². The van der Waals surface area contributed by atoms with Gasteiger partial charge >= 0.3 is 12.5 Å². The monoisotopic (exact) mass is 534 g/mol. The average Bonchev–Trinajstić information content (AvgIpc) is 3.49. The van der Waals surface area contributed by atoms with Crippen LogP contribution in [0.4, 0.5) is 29.3 Å². The summed E-state index contributed by atoms with van der Waals surface area (Å²) in [6.07, 6.45) is -5.13. The van der Waals surface area contributed by atoms with Gasteiger partial charge < -0.3 is 19.7 Å². The van der Waals surface area contributed by atoms with Crippen LogP contribution in [-0.4, -0.2) is 40.0 Å². The second-order valence-electron chi connectivity index (χ2n) is 8.27. The number of H-pyrrole nitrogens is 1. The molecule has 10 nitrogen and oxygen atoms in total. The van der Waals surface area contributed by atoms with Crippen molar-refractivity contribution < 1.29 is 32.2 Å². The highest BCUT2D eigenvalue weighted by Gasteiger charge is 2.32. The number of carbonyl (C=O) groups is 2. The van der Waals surface area contributed by atoms with Gasteiger partial charge in [-0.15, -0.1) is 13.2 Å².